The Morgan fingerprint density at radius 3 is 2.25 bits per heavy atom. The van der Waals surface area contributed by atoms with E-state index < -0.39 is 15.8 Å². The fourth-order valence-corrected chi connectivity index (χ4v) is 15.5. The summed E-state index contributed by atoms with van der Waals surface area (Å²) in [4.78, 5) is 26.3. The lowest BCUT2D eigenvalue weighted by atomic mass is 9.33. The molecule has 9 heteroatoms. The van der Waals surface area contributed by atoms with Crippen molar-refractivity contribution in [2.75, 3.05) is 37.7 Å². The number of sulfone groups is 1. The summed E-state index contributed by atoms with van der Waals surface area (Å²) in [6.45, 7) is 19.8. The molecule has 1 aliphatic heterocycles. The van der Waals surface area contributed by atoms with E-state index in [1.54, 1.807) is 19.1 Å². The molecule has 7 rings (SSSR count). The molecule has 6 aliphatic rings. The number of carboxylic acid groups (broad SMARTS) is 1. The zero-order valence-electron chi connectivity index (χ0n) is 32.9. The van der Waals surface area contributed by atoms with Gasteiger partial charge in [0.1, 0.15) is 0 Å². The Kier molecular flexibility index (Phi) is 9.67. The summed E-state index contributed by atoms with van der Waals surface area (Å²) in [5.41, 5.74) is 3.48. The molecule has 1 heterocycles. The zero-order valence-corrected chi connectivity index (χ0v) is 33.7. The molecule has 0 radical (unpaired) electrons. The Hall–Kier alpha value is -2.23. The largest absolute Gasteiger partial charge is 0.478 e. The molecular weight excluding hydrogens is 671 g/mol. The van der Waals surface area contributed by atoms with E-state index >= 15 is 0 Å². The van der Waals surface area contributed by atoms with E-state index in [1.807, 2.05) is 12.1 Å². The first-order chi connectivity index (χ1) is 24.4. The Labute approximate surface area is 313 Å². The fraction of sp³-hybridized carbons (Fsp3) is 0.767. The molecule has 0 spiro atoms. The number of carbonyl (C=O) groups excluding carboxylic acids is 1. The molecule has 10 atom stereocenters. The van der Waals surface area contributed by atoms with Gasteiger partial charge in [-0.2, -0.15) is 0 Å². The van der Waals surface area contributed by atoms with Gasteiger partial charge in [0.15, 0.2) is 9.84 Å². The molecule has 0 bridgehead atoms. The highest BCUT2D eigenvalue weighted by Gasteiger charge is 2.70. The maximum absolute atomic E-state index is 12.4. The molecule has 1 amide bonds. The molecule has 10 unspecified atom stereocenters. The summed E-state index contributed by atoms with van der Waals surface area (Å²) >= 11 is 0. The molecule has 1 aromatic rings. The van der Waals surface area contributed by atoms with E-state index in [9.17, 15) is 23.1 Å². The van der Waals surface area contributed by atoms with Crippen molar-refractivity contribution in [2.45, 2.75) is 118 Å². The van der Waals surface area contributed by atoms with Crippen LogP contribution >= 0.6 is 0 Å². The van der Waals surface area contributed by atoms with Gasteiger partial charge in [-0.25, -0.2) is 13.2 Å². The lowest BCUT2D eigenvalue weighted by Gasteiger charge is -2.72. The third kappa shape index (κ3) is 6.02. The van der Waals surface area contributed by atoms with E-state index in [1.165, 1.54) is 37.7 Å². The van der Waals surface area contributed by atoms with Crippen LogP contribution in [0.5, 0.6) is 0 Å². The highest BCUT2D eigenvalue weighted by Crippen LogP contribution is 2.76. The molecule has 288 valence electrons. The van der Waals surface area contributed by atoms with E-state index in [2.05, 4.69) is 63.2 Å². The maximum atomic E-state index is 12.4. The Morgan fingerprint density at radius 2 is 1.60 bits per heavy atom. The molecule has 52 heavy (non-hydrogen) atoms. The van der Waals surface area contributed by atoms with E-state index in [0.717, 1.165) is 44.3 Å². The second-order valence-electron chi connectivity index (χ2n) is 19.4. The van der Waals surface area contributed by atoms with Gasteiger partial charge in [-0.15, -0.1) is 0 Å². The Balaban J connectivity index is 1.16. The molecular formula is C43H65N3O5S. The molecule has 5 fully saturated rings. The normalized spacial score (nSPS) is 41.4. The van der Waals surface area contributed by atoms with Crippen molar-refractivity contribution >= 4 is 27.3 Å². The monoisotopic (exact) mass is 735 g/mol. The first-order valence-electron chi connectivity index (χ1n) is 20.4. The number of hydrogen-bond donors (Lipinski definition) is 3. The second-order valence-corrected chi connectivity index (χ2v) is 21.7. The van der Waals surface area contributed by atoms with Crippen LogP contribution in [0, 0.1) is 51.2 Å². The van der Waals surface area contributed by atoms with E-state index in [4.69, 9.17) is 0 Å². The predicted molar refractivity (Wildman–Crippen MR) is 208 cm³/mol. The summed E-state index contributed by atoms with van der Waals surface area (Å²) in [5.74, 6) is 2.38. The lowest BCUT2D eigenvalue weighted by molar-refractivity contribution is -0.221. The number of fused-ring (bicyclic) bond motifs is 7. The fourth-order valence-electron chi connectivity index (χ4n) is 14.3. The first-order valence-corrected chi connectivity index (χ1v) is 22.2. The van der Waals surface area contributed by atoms with Crippen molar-refractivity contribution < 1.29 is 23.1 Å². The van der Waals surface area contributed by atoms with Crippen molar-refractivity contribution in [3.63, 3.8) is 0 Å². The number of nitrogens with one attached hydrogen (secondary N) is 2. The molecule has 8 nitrogen and oxygen atoms in total. The van der Waals surface area contributed by atoms with Crippen LogP contribution < -0.4 is 10.6 Å². The molecule has 5 aliphatic carbocycles. The Bertz CT molecular complexity index is 1690. The summed E-state index contributed by atoms with van der Waals surface area (Å²) in [5, 5.41) is 17.0. The zero-order chi connectivity index (χ0) is 37.5. The molecule has 0 aromatic heterocycles. The van der Waals surface area contributed by atoms with Gasteiger partial charge in [-0.05, 0) is 139 Å². The lowest BCUT2D eigenvalue weighted by Crippen LogP contribution is -2.68. The predicted octanol–water partition coefficient (Wildman–Crippen LogP) is 7.06. The number of allylic oxidation sites excluding steroid dienone is 2. The van der Waals surface area contributed by atoms with E-state index in [0.29, 0.717) is 48.2 Å². The van der Waals surface area contributed by atoms with Crippen molar-refractivity contribution in [3.05, 3.63) is 41.5 Å². The van der Waals surface area contributed by atoms with Gasteiger partial charge in [0.05, 0.1) is 17.1 Å². The molecule has 3 N–H and O–H groups in total. The second kappa shape index (κ2) is 13.2. The van der Waals surface area contributed by atoms with Crippen LogP contribution in [0.3, 0.4) is 0 Å². The van der Waals surface area contributed by atoms with Gasteiger partial charge in [0.25, 0.3) is 0 Å². The van der Waals surface area contributed by atoms with Crippen molar-refractivity contribution in [3.8, 4) is 0 Å². The van der Waals surface area contributed by atoms with Crippen LogP contribution in [0.25, 0.3) is 5.57 Å². The number of amides is 1. The highest BCUT2D eigenvalue weighted by atomic mass is 32.2. The standard InChI is InChI=1S/C43H65N3O5S/c1-28(45-29(2)47)32-14-19-43(44-22-23-46-24-26-52(50,51)27-25-46)21-20-41(6)34(37(32)43)12-13-36-40(5)17-15-33(30-8-10-31(11-9-30)38(48)49)39(3,4)35(40)16-18-42(36,41)7/h8-11,15,28,32,34-37,44H,12-14,16-27H2,1-7H3,(H,45,47)(H,48,49). The van der Waals surface area contributed by atoms with Crippen molar-refractivity contribution in [1.29, 1.82) is 0 Å². The summed E-state index contributed by atoms with van der Waals surface area (Å²) in [7, 11) is -2.90. The van der Waals surface area contributed by atoms with Crippen LogP contribution in [-0.4, -0.2) is 79.6 Å². The first kappa shape index (κ1) is 38.1. The number of nitrogens with zero attached hydrogens (tertiary/aromatic N) is 1. The van der Waals surface area contributed by atoms with E-state index in [-0.39, 0.29) is 50.7 Å². The van der Waals surface area contributed by atoms with Gasteiger partial charge >= 0.3 is 5.97 Å². The SMILES string of the molecule is CC(=O)NC(C)C1CCC2(NCCN3CCS(=O)(=O)CC3)CCC3(C)C(CCC4C5(C)CC=C(c6ccc(C(=O)O)cc6)C(C)(C)C5CCC43C)C12. The average Bonchev–Trinajstić information content (AvgIpc) is 3.45. The topological polar surface area (TPSA) is 116 Å². The molecule has 4 saturated carbocycles. The van der Waals surface area contributed by atoms with Gasteiger partial charge in [-0.3, -0.25) is 4.79 Å². The summed E-state index contributed by atoms with van der Waals surface area (Å²) < 4.78 is 24.1. The van der Waals surface area contributed by atoms with Crippen LogP contribution in [0.4, 0.5) is 0 Å². The van der Waals surface area contributed by atoms with Crippen molar-refractivity contribution in [1.82, 2.24) is 15.5 Å². The average molecular weight is 736 g/mol. The number of benzene rings is 1. The molecule has 1 saturated heterocycles. The minimum absolute atomic E-state index is 0.0225. The number of rotatable bonds is 8. The number of carbonyl (C=O) groups is 2. The van der Waals surface area contributed by atoms with Gasteiger partial charge in [0, 0.05) is 44.7 Å². The number of hydrogen-bond acceptors (Lipinski definition) is 6. The van der Waals surface area contributed by atoms with Crippen LogP contribution in [0.15, 0.2) is 30.3 Å². The third-order valence-electron chi connectivity index (χ3n) is 16.9. The van der Waals surface area contributed by atoms with Crippen LogP contribution in [-0.2, 0) is 14.6 Å². The number of carboxylic acids is 1. The van der Waals surface area contributed by atoms with Gasteiger partial charge in [0.2, 0.25) is 5.91 Å². The third-order valence-corrected chi connectivity index (χ3v) is 18.5. The van der Waals surface area contributed by atoms with Crippen molar-refractivity contribution in [2.24, 2.45) is 51.2 Å². The van der Waals surface area contributed by atoms with Gasteiger partial charge in [-0.1, -0.05) is 52.8 Å². The Morgan fingerprint density at radius 1 is 0.904 bits per heavy atom. The van der Waals surface area contributed by atoms with Crippen LogP contribution in [0.2, 0.25) is 0 Å². The quantitative estimate of drug-likeness (QED) is 0.262. The summed E-state index contributed by atoms with van der Waals surface area (Å²) in [6, 6.07) is 7.66. The minimum Gasteiger partial charge on any atom is -0.478 e. The van der Waals surface area contributed by atoms with Gasteiger partial charge < -0.3 is 20.6 Å². The molecule has 1 aromatic carbocycles. The summed E-state index contributed by atoms with van der Waals surface area (Å²) in [6.07, 6.45) is 13.1. The highest BCUT2D eigenvalue weighted by molar-refractivity contribution is 7.91. The smallest absolute Gasteiger partial charge is 0.335 e. The van der Waals surface area contributed by atoms with Crippen LogP contribution in [0.1, 0.15) is 122 Å². The number of aromatic carboxylic acids is 1. The minimum atomic E-state index is -2.90. The maximum Gasteiger partial charge on any atom is 0.335 e.